The first kappa shape index (κ1) is 16.1. The first-order valence-corrected chi connectivity index (χ1v) is 9.59. The van der Waals surface area contributed by atoms with Crippen LogP contribution in [0.25, 0.3) is 9.75 Å². The predicted molar refractivity (Wildman–Crippen MR) is 94.9 cm³/mol. The van der Waals surface area contributed by atoms with Crippen molar-refractivity contribution in [3.8, 4) is 9.75 Å². The number of carbonyl (C=O) groups is 1. The Morgan fingerprint density at radius 1 is 1.18 bits per heavy atom. The van der Waals surface area contributed by atoms with E-state index >= 15 is 0 Å². The normalized spacial score (nSPS) is 15.9. The predicted octanol–water partition coefficient (Wildman–Crippen LogP) is 3.30. The van der Waals surface area contributed by atoms with Crippen molar-refractivity contribution in [3.63, 3.8) is 0 Å². The Bertz CT molecular complexity index is 635. The standard InChI is InChI=1S/C15H17BrN2O2S2/c16-14-4-3-12(22-14)11-1-2-13(21-11)15(19)17-5-6-18-7-9-20-10-8-18/h1-4H,5-10H2,(H,17,19). The Balaban J connectivity index is 1.51. The Morgan fingerprint density at radius 3 is 2.64 bits per heavy atom. The van der Waals surface area contributed by atoms with E-state index in [1.807, 2.05) is 18.2 Å². The fourth-order valence-corrected chi connectivity index (χ4v) is 4.68. The summed E-state index contributed by atoms with van der Waals surface area (Å²) in [5.74, 6) is 0.0140. The Kier molecular flexibility index (Phi) is 5.65. The van der Waals surface area contributed by atoms with E-state index in [-0.39, 0.29) is 5.91 Å². The van der Waals surface area contributed by atoms with Crippen molar-refractivity contribution >= 4 is 44.5 Å². The average molecular weight is 401 g/mol. The minimum atomic E-state index is 0.0140. The summed E-state index contributed by atoms with van der Waals surface area (Å²) in [6.07, 6.45) is 0. The third kappa shape index (κ3) is 4.17. The van der Waals surface area contributed by atoms with Crippen LogP contribution in [0.3, 0.4) is 0 Å². The van der Waals surface area contributed by atoms with Gasteiger partial charge in [-0.1, -0.05) is 0 Å². The molecule has 0 bridgehead atoms. The molecule has 2 aromatic heterocycles. The van der Waals surface area contributed by atoms with E-state index < -0.39 is 0 Å². The van der Waals surface area contributed by atoms with E-state index in [1.165, 1.54) is 16.2 Å². The van der Waals surface area contributed by atoms with Crippen molar-refractivity contribution in [1.29, 1.82) is 0 Å². The van der Waals surface area contributed by atoms with Crippen molar-refractivity contribution < 1.29 is 9.53 Å². The van der Waals surface area contributed by atoms with Crippen molar-refractivity contribution in [2.75, 3.05) is 39.4 Å². The lowest BCUT2D eigenvalue weighted by Gasteiger charge is -2.26. The lowest BCUT2D eigenvalue weighted by Crippen LogP contribution is -2.41. The molecular weight excluding hydrogens is 384 g/mol. The molecule has 1 saturated heterocycles. The van der Waals surface area contributed by atoms with Crippen molar-refractivity contribution in [3.05, 3.63) is 32.9 Å². The minimum Gasteiger partial charge on any atom is -0.379 e. The van der Waals surface area contributed by atoms with Gasteiger partial charge in [-0.05, 0) is 40.2 Å². The maximum Gasteiger partial charge on any atom is 0.261 e. The van der Waals surface area contributed by atoms with Gasteiger partial charge in [0.25, 0.3) is 5.91 Å². The molecule has 0 radical (unpaired) electrons. The van der Waals surface area contributed by atoms with Crippen molar-refractivity contribution in [1.82, 2.24) is 10.2 Å². The van der Waals surface area contributed by atoms with Gasteiger partial charge in [0, 0.05) is 35.9 Å². The number of nitrogens with zero attached hydrogens (tertiary/aromatic N) is 1. The second-order valence-corrected chi connectivity index (χ2v) is 8.52. The topological polar surface area (TPSA) is 41.6 Å². The van der Waals surface area contributed by atoms with Crippen LogP contribution in [0.4, 0.5) is 0 Å². The highest BCUT2D eigenvalue weighted by Crippen LogP contribution is 2.35. The van der Waals surface area contributed by atoms with Crippen LogP contribution >= 0.6 is 38.6 Å². The van der Waals surface area contributed by atoms with Crippen LogP contribution in [-0.4, -0.2) is 50.2 Å². The average Bonchev–Trinajstić information content (AvgIpc) is 3.17. The van der Waals surface area contributed by atoms with E-state index in [4.69, 9.17) is 4.74 Å². The molecule has 3 rings (SSSR count). The molecule has 0 spiro atoms. The number of thiophene rings is 2. The van der Waals surface area contributed by atoms with Crippen molar-refractivity contribution in [2.24, 2.45) is 0 Å². The summed E-state index contributed by atoms with van der Waals surface area (Å²) in [5, 5.41) is 3.00. The van der Waals surface area contributed by atoms with E-state index in [9.17, 15) is 4.79 Å². The van der Waals surface area contributed by atoms with Gasteiger partial charge in [0.05, 0.1) is 21.9 Å². The van der Waals surface area contributed by atoms with E-state index in [1.54, 1.807) is 11.3 Å². The number of ether oxygens (including phenoxy) is 1. The third-order valence-corrected chi connectivity index (χ3v) is 6.37. The Labute approximate surface area is 146 Å². The van der Waals surface area contributed by atoms with E-state index in [0.29, 0.717) is 6.54 Å². The molecule has 4 nitrogen and oxygen atoms in total. The van der Waals surface area contributed by atoms with Gasteiger partial charge >= 0.3 is 0 Å². The molecule has 1 aliphatic heterocycles. The molecule has 0 saturated carbocycles. The molecule has 22 heavy (non-hydrogen) atoms. The van der Waals surface area contributed by atoms with Gasteiger partial charge in [-0.25, -0.2) is 0 Å². The van der Waals surface area contributed by atoms with E-state index in [2.05, 4.69) is 32.2 Å². The zero-order valence-electron chi connectivity index (χ0n) is 12.0. The quantitative estimate of drug-likeness (QED) is 0.836. The summed E-state index contributed by atoms with van der Waals surface area (Å²) >= 11 is 6.68. The molecule has 0 aliphatic carbocycles. The molecule has 1 amide bonds. The number of rotatable bonds is 5. The molecule has 1 N–H and O–H groups in total. The van der Waals surface area contributed by atoms with E-state index in [0.717, 1.165) is 46.4 Å². The van der Waals surface area contributed by atoms with Crippen LogP contribution in [0, 0.1) is 0 Å². The second-order valence-electron chi connectivity index (χ2n) is 4.98. The van der Waals surface area contributed by atoms with Gasteiger partial charge in [-0.3, -0.25) is 9.69 Å². The molecular formula is C15H17BrN2O2S2. The number of hydrogen-bond donors (Lipinski definition) is 1. The summed E-state index contributed by atoms with van der Waals surface area (Å²) < 4.78 is 6.42. The molecule has 118 valence electrons. The zero-order chi connectivity index (χ0) is 15.4. The minimum absolute atomic E-state index is 0.0140. The summed E-state index contributed by atoms with van der Waals surface area (Å²) in [4.78, 5) is 17.6. The first-order chi connectivity index (χ1) is 10.7. The first-order valence-electron chi connectivity index (χ1n) is 7.16. The molecule has 0 atom stereocenters. The lowest BCUT2D eigenvalue weighted by atomic mass is 10.3. The largest absolute Gasteiger partial charge is 0.379 e. The van der Waals surface area contributed by atoms with Crippen LogP contribution in [0.15, 0.2) is 28.1 Å². The third-order valence-electron chi connectivity index (χ3n) is 3.46. The van der Waals surface area contributed by atoms with Gasteiger partial charge in [0.15, 0.2) is 0 Å². The Hall–Kier alpha value is -0.730. The van der Waals surface area contributed by atoms with Gasteiger partial charge in [0.1, 0.15) is 0 Å². The maximum atomic E-state index is 12.2. The number of halogens is 1. The Morgan fingerprint density at radius 2 is 1.91 bits per heavy atom. The summed E-state index contributed by atoms with van der Waals surface area (Å²) in [7, 11) is 0. The zero-order valence-corrected chi connectivity index (χ0v) is 15.2. The number of nitrogens with one attached hydrogen (secondary N) is 1. The molecule has 0 aromatic carbocycles. The number of hydrogen-bond acceptors (Lipinski definition) is 5. The second kappa shape index (κ2) is 7.70. The summed E-state index contributed by atoms with van der Waals surface area (Å²) in [6.45, 7) is 5.04. The van der Waals surface area contributed by atoms with Crippen molar-refractivity contribution in [2.45, 2.75) is 0 Å². The van der Waals surface area contributed by atoms with Gasteiger partial charge in [-0.2, -0.15) is 0 Å². The molecule has 1 fully saturated rings. The lowest BCUT2D eigenvalue weighted by molar-refractivity contribution is 0.0383. The van der Waals surface area contributed by atoms with Gasteiger partial charge < -0.3 is 10.1 Å². The summed E-state index contributed by atoms with van der Waals surface area (Å²) in [6, 6.07) is 8.01. The summed E-state index contributed by atoms with van der Waals surface area (Å²) in [5.41, 5.74) is 0. The molecule has 3 heterocycles. The van der Waals surface area contributed by atoms with Gasteiger partial charge in [-0.15, -0.1) is 22.7 Å². The fraction of sp³-hybridized carbons (Fsp3) is 0.400. The molecule has 1 aliphatic rings. The van der Waals surface area contributed by atoms with Gasteiger partial charge in [0.2, 0.25) is 0 Å². The monoisotopic (exact) mass is 400 g/mol. The number of carbonyl (C=O) groups excluding carboxylic acids is 1. The smallest absolute Gasteiger partial charge is 0.261 e. The van der Waals surface area contributed by atoms with Crippen LogP contribution in [0.5, 0.6) is 0 Å². The van der Waals surface area contributed by atoms with Crippen LogP contribution in [-0.2, 0) is 4.74 Å². The highest BCUT2D eigenvalue weighted by molar-refractivity contribution is 9.11. The number of morpholine rings is 1. The molecule has 7 heteroatoms. The van der Waals surface area contributed by atoms with Crippen LogP contribution in [0.2, 0.25) is 0 Å². The fourth-order valence-electron chi connectivity index (χ4n) is 2.28. The molecule has 2 aromatic rings. The van der Waals surface area contributed by atoms with Crippen LogP contribution in [0.1, 0.15) is 9.67 Å². The maximum absolute atomic E-state index is 12.2. The SMILES string of the molecule is O=C(NCCN1CCOCC1)c1ccc(-c2ccc(Br)s2)s1. The highest BCUT2D eigenvalue weighted by atomic mass is 79.9. The molecule has 0 unspecified atom stereocenters. The highest BCUT2D eigenvalue weighted by Gasteiger charge is 2.13. The number of amides is 1. The van der Waals surface area contributed by atoms with Crippen LogP contribution < -0.4 is 5.32 Å².